The largest absolute Gasteiger partial charge is 0.490 e. The normalized spacial score (nSPS) is 10.9. The number of benzene rings is 2. The van der Waals surface area contributed by atoms with Gasteiger partial charge in [-0.15, -0.1) is 11.3 Å². The SMILES string of the molecule is C=CCOc1ccc(C(=O)Nc2nc(-c3ccc(NS(C)(=O)=O)cc3)cs2)cc1. The van der Waals surface area contributed by atoms with Crippen molar-refractivity contribution in [3.8, 4) is 17.0 Å². The number of nitrogens with one attached hydrogen (secondary N) is 2. The minimum Gasteiger partial charge on any atom is -0.490 e. The molecule has 0 bridgehead atoms. The maximum Gasteiger partial charge on any atom is 0.257 e. The van der Waals surface area contributed by atoms with Crippen molar-refractivity contribution in [2.75, 3.05) is 22.9 Å². The van der Waals surface area contributed by atoms with Crippen LogP contribution >= 0.6 is 11.3 Å². The van der Waals surface area contributed by atoms with Gasteiger partial charge in [-0.3, -0.25) is 14.8 Å². The molecule has 0 unspecified atom stereocenters. The minimum absolute atomic E-state index is 0.270. The molecule has 29 heavy (non-hydrogen) atoms. The maximum atomic E-state index is 12.4. The molecule has 2 N–H and O–H groups in total. The summed E-state index contributed by atoms with van der Waals surface area (Å²) in [6.07, 6.45) is 2.74. The van der Waals surface area contributed by atoms with Gasteiger partial charge in [0.05, 0.1) is 11.9 Å². The summed E-state index contributed by atoms with van der Waals surface area (Å²) in [4.78, 5) is 16.8. The Hall–Kier alpha value is -3.17. The number of amides is 1. The van der Waals surface area contributed by atoms with E-state index in [2.05, 4.69) is 21.6 Å². The molecule has 3 aromatic rings. The standard InChI is InChI=1S/C20H19N3O4S2/c1-3-12-27-17-10-6-15(7-11-17)19(24)22-20-21-18(13-28-20)14-4-8-16(9-5-14)23-29(2,25)26/h3-11,13,23H,1,12H2,2H3,(H,21,22,24). The minimum atomic E-state index is -3.32. The van der Waals surface area contributed by atoms with E-state index in [0.717, 1.165) is 11.8 Å². The predicted octanol–water partition coefficient (Wildman–Crippen LogP) is 4.00. The van der Waals surface area contributed by atoms with Gasteiger partial charge in [0.1, 0.15) is 12.4 Å². The van der Waals surface area contributed by atoms with E-state index in [-0.39, 0.29) is 5.91 Å². The van der Waals surface area contributed by atoms with E-state index in [4.69, 9.17) is 4.74 Å². The molecule has 0 aliphatic carbocycles. The maximum absolute atomic E-state index is 12.4. The highest BCUT2D eigenvalue weighted by atomic mass is 32.2. The first-order valence-corrected chi connectivity index (χ1v) is 11.3. The van der Waals surface area contributed by atoms with Crippen LogP contribution < -0.4 is 14.8 Å². The lowest BCUT2D eigenvalue weighted by Gasteiger charge is -2.05. The third-order valence-corrected chi connectivity index (χ3v) is 5.06. The number of hydrogen-bond acceptors (Lipinski definition) is 6. The molecule has 3 rings (SSSR count). The van der Waals surface area contributed by atoms with Gasteiger partial charge in [-0.05, 0) is 36.4 Å². The number of nitrogens with zero attached hydrogens (tertiary/aromatic N) is 1. The van der Waals surface area contributed by atoms with Crippen LogP contribution in [0.2, 0.25) is 0 Å². The van der Waals surface area contributed by atoms with Crippen LogP contribution in [0, 0.1) is 0 Å². The van der Waals surface area contributed by atoms with Crippen molar-refractivity contribution in [2.45, 2.75) is 0 Å². The van der Waals surface area contributed by atoms with Crippen LogP contribution in [-0.4, -0.2) is 32.2 Å². The summed E-state index contributed by atoms with van der Waals surface area (Å²) in [5.41, 5.74) is 2.46. The summed E-state index contributed by atoms with van der Waals surface area (Å²) in [6, 6.07) is 13.6. The first kappa shape index (κ1) is 20.6. The second kappa shape index (κ2) is 8.89. The first-order chi connectivity index (χ1) is 13.8. The monoisotopic (exact) mass is 429 g/mol. The summed E-state index contributed by atoms with van der Waals surface area (Å²) in [5, 5.41) is 5.06. The van der Waals surface area contributed by atoms with Crippen molar-refractivity contribution in [1.82, 2.24) is 4.98 Å². The highest BCUT2D eigenvalue weighted by Gasteiger charge is 2.11. The summed E-state index contributed by atoms with van der Waals surface area (Å²) < 4.78 is 30.3. The third kappa shape index (κ3) is 5.90. The fourth-order valence-electron chi connectivity index (χ4n) is 2.41. The Balaban J connectivity index is 1.65. The van der Waals surface area contributed by atoms with Crippen molar-refractivity contribution in [3.05, 3.63) is 72.1 Å². The van der Waals surface area contributed by atoms with E-state index < -0.39 is 10.0 Å². The molecular formula is C20H19N3O4S2. The van der Waals surface area contributed by atoms with Crippen LogP contribution in [0.15, 0.2) is 66.6 Å². The Labute approximate surface area is 173 Å². The van der Waals surface area contributed by atoms with E-state index in [1.165, 1.54) is 11.3 Å². The number of aromatic nitrogens is 1. The average Bonchev–Trinajstić information content (AvgIpc) is 3.14. The van der Waals surface area contributed by atoms with Gasteiger partial charge < -0.3 is 4.74 Å². The van der Waals surface area contributed by atoms with Crippen LogP contribution in [0.3, 0.4) is 0 Å². The smallest absolute Gasteiger partial charge is 0.257 e. The number of ether oxygens (including phenoxy) is 1. The molecule has 1 amide bonds. The molecular weight excluding hydrogens is 410 g/mol. The molecule has 0 saturated carbocycles. The number of carbonyl (C=O) groups excluding carboxylic acids is 1. The van der Waals surface area contributed by atoms with E-state index >= 15 is 0 Å². The molecule has 2 aromatic carbocycles. The van der Waals surface area contributed by atoms with Gasteiger partial charge in [0, 0.05) is 22.2 Å². The second-order valence-corrected chi connectivity index (χ2v) is 8.67. The molecule has 0 atom stereocenters. The van der Waals surface area contributed by atoms with Crippen molar-refractivity contribution in [2.24, 2.45) is 0 Å². The zero-order valence-electron chi connectivity index (χ0n) is 15.6. The quantitative estimate of drug-likeness (QED) is 0.528. The van der Waals surface area contributed by atoms with E-state index in [0.29, 0.717) is 34.4 Å². The highest BCUT2D eigenvalue weighted by Crippen LogP contribution is 2.26. The summed E-state index contributed by atoms with van der Waals surface area (Å²) in [6.45, 7) is 3.99. The van der Waals surface area contributed by atoms with Gasteiger partial charge in [-0.25, -0.2) is 13.4 Å². The second-order valence-electron chi connectivity index (χ2n) is 6.07. The number of rotatable bonds is 8. The Morgan fingerprint density at radius 3 is 2.48 bits per heavy atom. The molecule has 150 valence electrons. The summed E-state index contributed by atoms with van der Waals surface area (Å²) in [7, 11) is -3.32. The fraction of sp³-hybridized carbons (Fsp3) is 0.100. The van der Waals surface area contributed by atoms with Crippen molar-refractivity contribution in [1.29, 1.82) is 0 Å². The van der Waals surface area contributed by atoms with Gasteiger partial charge in [0.15, 0.2) is 5.13 Å². The molecule has 9 heteroatoms. The Morgan fingerprint density at radius 2 is 1.86 bits per heavy atom. The van der Waals surface area contributed by atoms with Crippen molar-refractivity contribution >= 4 is 38.1 Å². The van der Waals surface area contributed by atoms with Crippen LogP contribution in [-0.2, 0) is 10.0 Å². The number of anilines is 2. The molecule has 0 radical (unpaired) electrons. The molecule has 0 aliphatic heterocycles. The Bertz CT molecular complexity index is 1110. The number of hydrogen-bond donors (Lipinski definition) is 2. The van der Waals surface area contributed by atoms with E-state index in [1.54, 1.807) is 54.6 Å². The molecule has 0 aliphatic rings. The van der Waals surface area contributed by atoms with Crippen LogP contribution in [0.1, 0.15) is 10.4 Å². The van der Waals surface area contributed by atoms with Crippen molar-refractivity contribution in [3.63, 3.8) is 0 Å². The number of thiazole rings is 1. The van der Waals surface area contributed by atoms with Gasteiger partial charge in [-0.2, -0.15) is 0 Å². The number of carbonyl (C=O) groups is 1. The molecule has 1 aromatic heterocycles. The zero-order chi connectivity index (χ0) is 20.9. The Kier molecular flexibility index (Phi) is 6.30. The van der Waals surface area contributed by atoms with Crippen LogP contribution in [0.4, 0.5) is 10.8 Å². The Morgan fingerprint density at radius 1 is 1.17 bits per heavy atom. The molecule has 1 heterocycles. The molecule has 0 spiro atoms. The van der Waals surface area contributed by atoms with Gasteiger partial charge in [0.2, 0.25) is 10.0 Å². The van der Waals surface area contributed by atoms with Crippen LogP contribution in [0.25, 0.3) is 11.3 Å². The molecule has 7 nitrogen and oxygen atoms in total. The zero-order valence-corrected chi connectivity index (χ0v) is 17.2. The van der Waals surface area contributed by atoms with Crippen molar-refractivity contribution < 1.29 is 17.9 Å². The lowest BCUT2D eigenvalue weighted by molar-refractivity contribution is 0.102. The van der Waals surface area contributed by atoms with Crippen LogP contribution in [0.5, 0.6) is 5.75 Å². The molecule has 0 saturated heterocycles. The third-order valence-electron chi connectivity index (χ3n) is 3.69. The van der Waals surface area contributed by atoms with Gasteiger partial charge in [-0.1, -0.05) is 24.8 Å². The average molecular weight is 430 g/mol. The van der Waals surface area contributed by atoms with Gasteiger partial charge in [0.25, 0.3) is 5.91 Å². The lowest BCUT2D eigenvalue weighted by Crippen LogP contribution is -2.11. The topological polar surface area (TPSA) is 97.4 Å². The molecule has 0 fully saturated rings. The van der Waals surface area contributed by atoms with E-state index in [9.17, 15) is 13.2 Å². The lowest BCUT2D eigenvalue weighted by atomic mass is 10.1. The van der Waals surface area contributed by atoms with E-state index in [1.807, 2.05) is 5.38 Å². The van der Waals surface area contributed by atoms with Gasteiger partial charge >= 0.3 is 0 Å². The fourth-order valence-corrected chi connectivity index (χ4v) is 3.69. The summed E-state index contributed by atoms with van der Waals surface area (Å²) >= 11 is 1.31. The highest BCUT2D eigenvalue weighted by molar-refractivity contribution is 7.92. The predicted molar refractivity (Wildman–Crippen MR) is 116 cm³/mol. The summed E-state index contributed by atoms with van der Waals surface area (Å²) in [5.74, 6) is 0.390. The number of sulfonamides is 1. The first-order valence-electron chi connectivity index (χ1n) is 8.53.